The van der Waals surface area contributed by atoms with Gasteiger partial charge in [-0.3, -0.25) is 4.79 Å². The Hall–Kier alpha value is -2.36. The largest absolute Gasteiger partial charge is 0.481 e. The lowest BCUT2D eigenvalue weighted by Gasteiger charge is -2.37. The summed E-state index contributed by atoms with van der Waals surface area (Å²) >= 11 is 0. The van der Waals surface area contributed by atoms with Gasteiger partial charge in [0.1, 0.15) is 0 Å². The lowest BCUT2D eigenvalue weighted by atomic mass is 9.64. The lowest BCUT2D eigenvalue weighted by Crippen LogP contribution is -2.38. The van der Waals surface area contributed by atoms with Crippen molar-refractivity contribution in [1.82, 2.24) is 0 Å². The number of carbonyl (C=O) groups is 2. The molecule has 2 atom stereocenters. The van der Waals surface area contributed by atoms with Crippen LogP contribution in [-0.2, 0) is 9.59 Å². The second-order valence-corrected chi connectivity index (χ2v) is 7.13. The molecule has 0 bridgehead atoms. The molecule has 0 radical (unpaired) electrons. The van der Waals surface area contributed by atoms with Crippen LogP contribution >= 0.6 is 0 Å². The Morgan fingerprint density at radius 1 is 1.17 bits per heavy atom. The van der Waals surface area contributed by atoms with Gasteiger partial charge in [0.15, 0.2) is 0 Å². The number of benzene rings is 1. The third kappa shape index (κ3) is 2.56. The molecule has 1 aromatic rings. The number of hydrogen-bond acceptors (Lipinski definition) is 2. The fourth-order valence-electron chi connectivity index (χ4n) is 3.66. The average Bonchev–Trinajstić information content (AvgIpc) is 3.34. The molecule has 0 saturated heterocycles. The molecule has 2 N–H and O–H groups in total. The topological polar surface area (TPSA) is 74.6 Å². The van der Waals surface area contributed by atoms with Gasteiger partial charge in [0.05, 0.1) is 5.41 Å². The Kier molecular flexibility index (Phi) is 3.86. The van der Waals surface area contributed by atoms with Crippen LogP contribution in [0, 0.1) is 25.2 Å². The third-order valence-corrected chi connectivity index (χ3v) is 5.41. The van der Waals surface area contributed by atoms with Crippen molar-refractivity contribution in [3.8, 4) is 0 Å². The molecule has 4 nitrogen and oxygen atoms in total. The van der Waals surface area contributed by atoms with Gasteiger partial charge in [0.2, 0.25) is 0 Å². The van der Waals surface area contributed by atoms with Gasteiger partial charge in [-0.05, 0) is 67.9 Å². The molecule has 1 fully saturated rings. The second kappa shape index (κ2) is 5.62. The fraction of sp³-hybridized carbons (Fsp3) is 0.400. The van der Waals surface area contributed by atoms with Gasteiger partial charge in [-0.1, -0.05) is 24.3 Å². The van der Waals surface area contributed by atoms with Crippen LogP contribution in [-0.4, -0.2) is 22.2 Å². The van der Waals surface area contributed by atoms with E-state index in [1.54, 1.807) is 19.1 Å². The Bertz CT molecular complexity index is 783. The monoisotopic (exact) mass is 326 g/mol. The van der Waals surface area contributed by atoms with E-state index in [1.165, 1.54) is 0 Å². The van der Waals surface area contributed by atoms with E-state index in [2.05, 4.69) is 0 Å². The van der Waals surface area contributed by atoms with Gasteiger partial charge in [0, 0.05) is 11.5 Å². The molecule has 2 aliphatic rings. The molecule has 2 unspecified atom stereocenters. The van der Waals surface area contributed by atoms with E-state index in [1.807, 2.05) is 32.0 Å². The van der Waals surface area contributed by atoms with Crippen molar-refractivity contribution >= 4 is 11.9 Å². The maximum absolute atomic E-state index is 12.1. The number of allylic oxidation sites excluding steroid dienone is 2. The second-order valence-electron chi connectivity index (χ2n) is 7.13. The molecule has 0 aliphatic heterocycles. The van der Waals surface area contributed by atoms with E-state index in [-0.39, 0.29) is 5.57 Å². The molecule has 24 heavy (non-hydrogen) atoms. The number of carboxylic acids is 2. The maximum Gasteiger partial charge on any atom is 0.332 e. The van der Waals surface area contributed by atoms with Crippen LogP contribution in [0.3, 0.4) is 0 Å². The summed E-state index contributed by atoms with van der Waals surface area (Å²) in [7, 11) is 0. The minimum atomic E-state index is -1.26. The summed E-state index contributed by atoms with van der Waals surface area (Å²) in [6.07, 6.45) is 5.49. The van der Waals surface area contributed by atoms with Crippen molar-refractivity contribution in [2.24, 2.45) is 11.3 Å². The van der Waals surface area contributed by atoms with Crippen LogP contribution in [0.5, 0.6) is 0 Å². The van der Waals surface area contributed by atoms with Crippen LogP contribution in [0.25, 0.3) is 0 Å². The van der Waals surface area contributed by atoms with E-state index in [4.69, 9.17) is 0 Å². The first kappa shape index (κ1) is 16.5. The lowest BCUT2D eigenvalue weighted by molar-refractivity contribution is -0.146. The van der Waals surface area contributed by atoms with Gasteiger partial charge in [-0.2, -0.15) is 0 Å². The standard InChI is InChI=1S/C20H22O4/c1-11-5-4-6-15(12(11)2)17-16(18(21)22)9-14(13-7-8-13)10-20(17,3)19(23)24/h4-6,9-10,13,17H,7-8H2,1-3H3,(H,21,22)(H,23,24). The molecule has 0 amide bonds. The van der Waals surface area contributed by atoms with Crippen molar-refractivity contribution in [2.45, 2.75) is 39.5 Å². The molecule has 1 aromatic carbocycles. The van der Waals surface area contributed by atoms with Gasteiger partial charge in [0.25, 0.3) is 0 Å². The number of hydrogen-bond donors (Lipinski definition) is 2. The van der Waals surface area contributed by atoms with Crippen LogP contribution in [0.4, 0.5) is 0 Å². The first-order valence-electron chi connectivity index (χ1n) is 8.23. The summed E-state index contributed by atoms with van der Waals surface area (Å²) in [6, 6.07) is 5.66. The zero-order chi connectivity index (χ0) is 17.6. The van der Waals surface area contributed by atoms with E-state index in [9.17, 15) is 19.8 Å². The van der Waals surface area contributed by atoms with E-state index >= 15 is 0 Å². The maximum atomic E-state index is 12.1. The molecular formula is C20H22O4. The Morgan fingerprint density at radius 3 is 2.38 bits per heavy atom. The summed E-state index contributed by atoms with van der Waals surface area (Å²) in [4.78, 5) is 24.1. The van der Waals surface area contributed by atoms with Crippen molar-refractivity contribution < 1.29 is 19.8 Å². The number of aryl methyl sites for hydroxylation is 1. The first-order valence-corrected chi connectivity index (χ1v) is 8.23. The first-order chi connectivity index (χ1) is 11.3. The highest BCUT2D eigenvalue weighted by molar-refractivity contribution is 5.93. The van der Waals surface area contributed by atoms with Crippen molar-refractivity contribution in [3.63, 3.8) is 0 Å². The molecule has 0 heterocycles. The van der Waals surface area contributed by atoms with Crippen molar-refractivity contribution in [3.05, 3.63) is 58.2 Å². The number of aliphatic carboxylic acids is 2. The van der Waals surface area contributed by atoms with Gasteiger partial charge in [-0.25, -0.2) is 4.79 Å². The summed E-state index contributed by atoms with van der Waals surface area (Å²) in [5.41, 5.74) is 2.53. The predicted octanol–water partition coefficient (Wildman–Crippen LogP) is 3.84. The zero-order valence-corrected chi connectivity index (χ0v) is 14.2. The highest BCUT2D eigenvalue weighted by Crippen LogP contribution is 2.51. The van der Waals surface area contributed by atoms with Crippen LogP contribution in [0.15, 0.2) is 41.5 Å². The van der Waals surface area contributed by atoms with Crippen molar-refractivity contribution in [1.29, 1.82) is 0 Å². The quantitative estimate of drug-likeness (QED) is 0.881. The predicted molar refractivity (Wildman–Crippen MR) is 90.9 cm³/mol. The molecule has 3 rings (SSSR count). The van der Waals surface area contributed by atoms with E-state index in [0.717, 1.165) is 35.1 Å². The SMILES string of the molecule is Cc1cccc(C2C(C(=O)O)=CC(C3CC3)=CC2(C)C(=O)O)c1C. The number of rotatable bonds is 4. The Morgan fingerprint density at radius 2 is 1.83 bits per heavy atom. The molecule has 4 heteroatoms. The van der Waals surface area contributed by atoms with Crippen LogP contribution < -0.4 is 0 Å². The Labute approximate surface area is 141 Å². The molecular weight excluding hydrogens is 304 g/mol. The molecule has 1 saturated carbocycles. The van der Waals surface area contributed by atoms with Crippen LogP contribution in [0.2, 0.25) is 0 Å². The highest BCUT2D eigenvalue weighted by atomic mass is 16.4. The minimum absolute atomic E-state index is 0.179. The average molecular weight is 326 g/mol. The normalized spacial score (nSPS) is 26.5. The van der Waals surface area contributed by atoms with E-state index in [0.29, 0.717) is 5.92 Å². The molecule has 0 aromatic heterocycles. The zero-order valence-electron chi connectivity index (χ0n) is 14.2. The van der Waals surface area contributed by atoms with Gasteiger partial charge >= 0.3 is 11.9 Å². The summed E-state index contributed by atoms with van der Waals surface area (Å²) < 4.78 is 0. The molecule has 0 spiro atoms. The third-order valence-electron chi connectivity index (χ3n) is 5.41. The fourth-order valence-corrected chi connectivity index (χ4v) is 3.66. The smallest absolute Gasteiger partial charge is 0.332 e. The van der Waals surface area contributed by atoms with Crippen LogP contribution in [0.1, 0.15) is 42.4 Å². The Balaban J connectivity index is 2.23. The number of carboxylic acid groups (broad SMARTS) is 2. The van der Waals surface area contributed by atoms with E-state index < -0.39 is 23.3 Å². The molecule has 2 aliphatic carbocycles. The van der Waals surface area contributed by atoms with Crippen molar-refractivity contribution in [2.75, 3.05) is 0 Å². The highest BCUT2D eigenvalue weighted by Gasteiger charge is 2.48. The summed E-state index contributed by atoms with van der Waals surface area (Å²) in [5, 5.41) is 19.7. The minimum Gasteiger partial charge on any atom is -0.481 e. The molecule has 126 valence electrons. The summed E-state index contributed by atoms with van der Waals surface area (Å²) in [6.45, 7) is 5.52. The summed E-state index contributed by atoms with van der Waals surface area (Å²) in [5.74, 6) is -2.43. The van der Waals surface area contributed by atoms with Gasteiger partial charge < -0.3 is 10.2 Å². The van der Waals surface area contributed by atoms with Gasteiger partial charge in [-0.15, -0.1) is 0 Å².